The molecule has 31 heavy (non-hydrogen) atoms. The standard InChI is InChI=1S/C22H24N2O6S/c1-2-29-16-7-9-17(10-8-16)31(27,28)23-20-15-21-22(26,19-6-4-3-5-18(19)20)30-14-12-24(21)11-13-25/h3-10,15,25-26H,2,11-14H2,1H3/t22-/m0/s1. The average molecular weight is 445 g/mol. The molecule has 2 N–H and O–H groups in total. The molecule has 2 aromatic carbocycles. The second-order valence-corrected chi connectivity index (χ2v) is 8.74. The number of aliphatic hydroxyl groups is 2. The summed E-state index contributed by atoms with van der Waals surface area (Å²) in [6, 6.07) is 12.9. The van der Waals surface area contributed by atoms with E-state index in [1.807, 2.05) is 6.92 Å². The van der Waals surface area contributed by atoms with E-state index in [0.717, 1.165) is 0 Å². The van der Waals surface area contributed by atoms with Gasteiger partial charge in [0, 0.05) is 24.2 Å². The van der Waals surface area contributed by atoms with E-state index in [1.165, 1.54) is 18.2 Å². The van der Waals surface area contributed by atoms with Crippen molar-refractivity contribution >= 4 is 15.7 Å². The molecule has 1 heterocycles. The molecule has 9 heteroatoms. The van der Waals surface area contributed by atoms with Gasteiger partial charge in [0.15, 0.2) is 0 Å². The van der Waals surface area contributed by atoms with Crippen LogP contribution >= 0.6 is 0 Å². The molecule has 0 aromatic heterocycles. The molecule has 1 atom stereocenters. The number of rotatable bonds is 6. The summed E-state index contributed by atoms with van der Waals surface area (Å²) >= 11 is 0. The van der Waals surface area contributed by atoms with Gasteiger partial charge in [0.05, 0.1) is 36.1 Å². The van der Waals surface area contributed by atoms with Gasteiger partial charge in [0.2, 0.25) is 5.79 Å². The van der Waals surface area contributed by atoms with Gasteiger partial charge in [-0.2, -0.15) is 12.8 Å². The summed E-state index contributed by atoms with van der Waals surface area (Å²) in [6.07, 6.45) is 1.52. The summed E-state index contributed by atoms with van der Waals surface area (Å²) in [7, 11) is -4.02. The Bertz CT molecular complexity index is 1120. The van der Waals surface area contributed by atoms with Gasteiger partial charge in [-0.15, -0.1) is 0 Å². The van der Waals surface area contributed by atoms with Crippen LogP contribution in [0.4, 0.5) is 0 Å². The van der Waals surface area contributed by atoms with Gasteiger partial charge in [0.25, 0.3) is 10.0 Å². The Balaban J connectivity index is 1.82. The first kappa shape index (κ1) is 21.5. The molecule has 164 valence electrons. The number of allylic oxidation sites excluding steroid dienone is 1. The zero-order chi connectivity index (χ0) is 22.1. The minimum absolute atomic E-state index is 0.0345. The van der Waals surface area contributed by atoms with Gasteiger partial charge in [-0.3, -0.25) is 0 Å². The maximum atomic E-state index is 13.0. The number of nitrogens with zero attached hydrogens (tertiary/aromatic N) is 2. The molecule has 1 saturated heterocycles. The van der Waals surface area contributed by atoms with Crippen LogP contribution < -0.4 is 4.74 Å². The summed E-state index contributed by atoms with van der Waals surface area (Å²) in [5.74, 6) is -1.16. The average Bonchev–Trinajstić information content (AvgIpc) is 2.76. The van der Waals surface area contributed by atoms with Gasteiger partial charge in [-0.25, -0.2) is 0 Å². The zero-order valence-corrected chi connectivity index (χ0v) is 17.9. The van der Waals surface area contributed by atoms with Crippen molar-refractivity contribution in [3.8, 4) is 5.75 Å². The second kappa shape index (κ2) is 8.43. The van der Waals surface area contributed by atoms with E-state index in [2.05, 4.69) is 4.40 Å². The molecule has 0 radical (unpaired) electrons. The van der Waals surface area contributed by atoms with E-state index in [0.29, 0.717) is 35.7 Å². The molecule has 1 aliphatic carbocycles. The van der Waals surface area contributed by atoms with Crippen LogP contribution in [0.25, 0.3) is 0 Å². The molecule has 0 amide bonds. The molecule has 4 rings (SSSR count). The molecule has 8 nitrogen and oxygen atoms in total. The van der Waals surface area contributed by atoms with Crippen LogP contribution in [0.15, 0.2) is 69.6 Å². The number of morpholine rings is 1. The van der Waals surface area contributed by atoms with E-state index in [9.17, 15) is 18.6 Å². The summed E-state index contributed by atoms with van der Waals surface area (Å²) in [4.78, 5) is 1.81. The quantitative estimate of drug-likeness (QED) is 0.697. The van der Waals surface area contributed by atoms with Crippen molar-refractivity contribution in [3.05, 3.63) is 71.4 Å². The maximum absolute atomic E-state index is 13.0. The monoisotopic (exact) mass is 444 g/mol. The Morgan fingerprint density at radius 1 is 1.19 bits per heavy atom. The van der Waals surface area contributed by atoms with E-state index in [1.54, 1.807) is 41.3 Å². The maximum Gasteiger partial charge on any atom is 0.282 e. The highest BCUT2D eigenvalue weighted by Crippen LogP contribution is 2.41. The number of sulfonamides is 1. The van der Waals surface area contributed by atoms with Crippen LogP contribution in [0.2, 0.25) is 0 Å². The number of benzene rings is 2. The van der Waals surface area contributed by atoms with Gasteiger partial charge in [-0.05, 0) is 37.3 Å². The molecular weight excluding hydrogens is 420 g/mol. The van der Waals surface area contributed by atoms with Crippen LogP contribution in [0.1, 0.15) is 18.1 Å². The lowest BCUT2D eigenvalue weighted by molar-refractivity contribution is -0.219. The molecule has 0 saturated carbocycles. The Morgan fingerprint density at radius 3 is 2.65 bits per heavy atom. The fraction of sp³-hybridized carbons (Fsp3) is 0.318. The van der Waals surface area contributed by atoms with Gasteiger partial charge >= 0.3 is 0 Å². The first-order chi connectivity index (χ1) is 14.9. The molecule has 2 aliphatic rings. The Kier molecular flexibility index (Phi) is 5.85. The van der Waals surface area contributed by atoms with Crippen molar-refractivity contribution in [2.24, 2.45) is 4.40 Å². The number of β-amino-alcohol motifs (C(OH)–C–C–N with tert-alkyl or cyclic N) is 1. The van der Waals surface area contributed by atoms with Gasteiger partial charge in [-0.1, -0.05) is 24.3 Å². The van der Waals surface area contributed by atoms with Crippen molar-refractivity contribution in [2.45, 2.75) is 17.6 Å². The van der Waals surface area contributed by atoms with E-state index in [-0.39, 0.29) is 30.4 Å². The number of fused-ring (bicyclic) bond motifs is 3. The summed E-state index contributed by atoms with van der Waals surface area (Å²) in [6.45, 7) is 3.20. The van der Waals surface area contributed by atoms with E-state index in [4.69, 9.17) is 9.47 Å². The van der Waals surface area contributed by atoms with Crippen LogP contribution in [-0.4, -0.2) is 62.2 Å². The highest BCUT2D eigenvalue weighted by Gasteiger charge is 2.46. The van der Waals surface area contributed by atoms with E-state index < -0.39 is 15.8 Å². The minimum atomic E-state index is -4.02. The number of hydrogen-bond acceptors (Lipinski definition) is 7. The number of ether oxygens (including phenoxy) is 2. The van der Waals surface area contributed by atoms with E-state index >= 15 is 0 Å². The van der Waals surface area contributed by atoms with Crippen molar-refractivity contribution < 1.29 is 28.1 Å². The highest BCUT2D eigenvalue weighted by molar-refractivity contribution is 7.90. The fourth-order valence-electron chi connectivity index (χ4n) is 3.81. The molecule has 1 fully saturated rings. The lowest BCUT2D eigenvalue weighted by Crippen LogP contribution is -2.50. The smallest absolute Gasteiger partial charge is 0.282 e. The van der Waals surface area contributed by atoms with Crippen molar-refractivity contribution in [1.29, 1.82) is 0 Å². The zero-order valence-electron chi connectivity index (χ0n) is 17.1. The fourth-order valence-corrected chi connectivity index (χ4v) is 4.81. The predicted octanol–water partition coefficient (Wildman–Crippen LogP) is 1.63. The summed E-state index contributed by atoms with van der Waals surface area (Å²) in [5, 5.41) is 20.7. The highest BCUT2D eigenvalue weighted by atomic mass is 32.2. The lowest BCUT2D eigenvalue weighted by Gasteiger charge is -2.45. The largest absolute Gasteiger partial charge is 0.494 e. The lowest BCUT2D eigenvalue weighted by atomic mass is 9.86. The van der Waals surface area contributed by atoms with Crippen molar-refractivity contribution in [2.75, 3.05) is 32.9 Å². The Labute approximate surface area is 181 Å². The Morgan fingerprint density at radius 2 is 1.94 bits per heavy atom. The summed E-state index contributed by atoms with van der Waals surface area (Å²) < 4.78 is 41.2. The van der Waals surface area contributed by atoms with Gasteiger partial charge in [0.1, 0.15) is 5.75 Å². The topological polar surface area (TPSA) is 109 Å². The first-order valence-corrected chi connectivity index (χ1v) is 11.4. The SMILES string of the molecule is CCOc1ccc(S(=O)(=O)N=C2C=C3N(CCO)CCO[C@@]3(O)c3ccccc32)cc1. The minimum Gasteiger partial charge on any atom is -0.494 e. The first-order valence-electron chi connectivity index (χ1n) is 10.0. The van der Waals surface area contributed by atoms with Gasteiger partial charge < -0.3 is 24.6 Å². The van der Waals surface area contributed by atoms with Crippen LogP contribution in [0.5, 0.6) is 5.75 Å². The molecule has 0 unspecified atom stereocenters. The molecular formula is C22H24N2O6S. The third kappa shape index (κ3) is 3.97. The molecule has 0 spiro atoms. The molecule has 2 aromatic rings. The predicted molar refractivity (Wildman–Crippen MR) is 114 cm³/mol. The third-order valence-corrected chi connectivity index (χ3v) is 6.53. The second-order valence-electron chi connectivity index (χ2n) is 7.13. The number of hydrogen-bond donors (Lipinski definition) is 2. The van der Waals surface area contributed by atoms with Crippen molar-refractivity contribution in [3.63, 3.8) is 0 Å². The van der Waals surface area contributed by atoms with Crippen LogP contribution in [-0.2, 0) is 20.5 Å². The van der Waals surface area contributed by atoms with Crippen LogP contribution in [0.3, 0.4) is 0 Å². The van der Waals surface area contributed by atoms with Crippen LogP contribution in [0, 0.1) is 0 Å². The normalized spacial score (nSPS) is 22.0. The molecule has 0 bridgehead atoms. The summed E-state index contributed by atoms with van der Waals surface area (Å²) in [5.41, 5.74) is 1.43. The number of aliphatic hydroxyl groups excluding tert-OH is 1. The van der Waals surface area contributed by atoms with Crippen molar-refractivity contribution in [1.82, 2.24) is 4.90 Å². The molecule has 1 aliphatic heterocycles. The third-order valence-electron chi connectivity index (χ3n) is 5.22. The Hall–Kier alpha value is -2.72.